The molecule has 3 heterocycles. The SMILES string of the molecule is CCCCn1c(=O)[nH]c(=O)c2c1nc(CSc1nc(-c3ccc(F)cc3)cs1)n2C. The minimum absolute atomic E-state index is 0.280. The van der Waals surface area contributed by atoms with Crippen LogP contribution in [0.5, 0.6) is 0 Å². The van der Waals surface area contributed by atoms with Gasteiger partial charge in [-0.25, -0.2) is 19.2 Å². The number of aromatic nitrogens is 5. The molecule has 0 aliphatic heterocycles. The van der Waals surface area contributed by atoms with Crippen LogP contribution < -0.4 is 11.2 Å². The minimum atomic E-state index is -0.429. The largest absolute Gasteiger partial charge is 0.330 e. The Labute approximate surface area is 179 Å². The summed E-state index contributed by atoms with van der Waals surface area (Å²) in [5, 5.41) is 1.93. The molecule has 0 aliphatic rings. The lowest BCUT2D eigenvalue weighted by Gasteiger charge is -2.04. The van der Waals surface area contributed by atoms with Crippen LogP contribution in [0.3, 0.4) is 0 Å². The number of fused-ring (bicyclic) bond motifs is 1. The first-order chi connectivity index (χ1) is 14.5. The average Bonchev–Trinajstić information content (AvgIpc) is 3.32. The number of H-pyrrole nitrogens is 1. The Hall–Kier alpha value is -2.72. The molecule has 0 saturated carbocycles. The van der Waals surface area contributed by atoms with Crippen molar-refractivity contribution in [3.8, 4) is 11.3 Å². The van der Waals surface area contributed by atoms with Gasteiger partial charge < -0.3 is 4.57 Å². The number of nitrogens with one attached hydrogen (secondary N) is 1. The van der Waals surface area contributed by atoms with E-state index >= 15 is 0 Å². The zero-order chi connectivity index (χ0) is 21.3. The number of rotatable bonds is 7. The molecular weight excluding hydrogens is 425 g/mol. The maximum atomic E-state index is 13.1. The second kappa shape index (κ2) is 8.57. The van der Waals surface area contributed by atoms with E-state index in [0.717, 1.165) is 28.4 Å². The molecule has 1 aromatic carbocycles. The fourth-order valence-corrected chi connectivity index (χ4v) is 4.97. The molecule has 0 unspecified atom stereocenters. The van der Waals surface area contributed by atoms with Gasteiger partial charge in [-0.1, -0.05) is 25.1 Å². The van der Waals surface area contributed by atoms with E-state index in [2.05, 4.69) is 15.0 Å². The third-order valence-electron chi connectivity index (χ3n) is 4.79. The molecule has 4 aromatic rings. The van der Waals surface area contributed by atoms with Crippen molar-refractivity contribution in [1.29, 1.82) is 0 Å². The lowest BCUT2D eigenvalue weighted by molar-refractivity contribution is 0.613. The Morgan fingerprint density at radius 3 is 2.70 bits per heavy atom. The topological polar surface area (TPSA) is 85.6 Å². The standard InChI is InChI=1S/C20H20FN5O2S2/c1-3-4-9-26-17-16(18(27)24-19(26)28)25(2)15(23-17)11-30-20-22-14(10-29-20)12-5-7-13(21)8-6-12/h5-8,10H,3-4,9,11H2,1-2H3,(H,24,27,28). The number of thiazole rings is 1. The van der Waals surface area contributed by atoms with E-state index in [1.165, 1.54) is 39.8 Å². The summed E-state index contributed by atoms with van der Waals surface area (Å²) in [5.74, 6) is 0.913. The number of hydrogen-bond donors (Lipinski definition) is 1. The van der Waals surface area contributed by atoms with Crippen molar-refractivity contribution >= 4 is 34.3 Å². The smallest absolute Gasteiger partial charge is 0.325 e. The van der Waals surface area contributed by atoms with Gasteiger partial charge in [0.25, 0.3) is 5.56 Å². The molecule has 1 N–H and O–H groups in total. The Morgan fingerprint density at radius 1 is 1.20 bits per heavy atom. The van der Waals surface area contributed by atoms with Crippen molar-refractivity contribution < 1.29 is 4.39 Å². The van der Waals surface area contributed by atoms with Crippen molar-refractivity contribution in [3.05, 3.63) is 62.1 Å². The average molecular weight is 446 g/mol. The highest BCUT2D eigenvalue weighted by molar-refractivity contribution is 8.00. The summed E-state index contributed by atoms with van der Waals surface area (Å²) in [6.07, 6.45) is 1.76. The Bertz CT molecular complexity index is 1300. The van der Waals surface area contributed by atoms with Crippen LogP contribution in [0, 0.1) is 5.82 Å². The van der Waals surface area contributed by atoms with Crippen LogP contribution in [0.15, 0.2) is 43.6 Å². The zero-order valence-electron chi connectivity index (χ0n) is 16.5. The fraction of sp³-hybridized carbons (Fsp3) is 0.300. The number of aryl methyl sites for hydroxylation is 2. The van der Waals surface area contributed by atoms with E-state index in [0.29, 0.717) is 29.3 Å². The number of thioether (sulfide) groups is 1. The second-order valence-electron chi connectivity index (χ2n) is 6.82. The van der Waals surface area contributed by atoms with Crippen LogP contribution in [0.4, 0.5) is 4.39 Å². The first-order valence-electron chi connectivity index (χ1n) is 9.50. The molecule has 0 aliphatic carbocycles. The van der Waals surface area contributed by atoms with Gasteiger partial charge in [-0.05, 0) is 30.7 Å². The van der Waals surface area contributed by atoms with E-state index < -0.39 is 11.2 Å². The number of hydrogen-bond acceptors (Lipinski definition) is 6. The summed E-state index contributed by atoms with van der Waals surface area (Å²) in [5.41, 5.74) is 1.60. The summed E-state index contributed by atoms with van der Waals surface area (Å²) in [4.78, 5) is 36.2. The van der Waals surface area contributed by atoms with E-state index in [1.54, 1.807) is 23.7 Å². The summed E-state index contributed by atoms with van der Waals surface area (Å²) in [6, 6.07) is 6.23. The summed E-state index contributed by atoms with van der Waals surface area (Å²) >= 11 is 3.00. The van der Waals surface area contributed by atoms with Gasteiger partial charge in [-0.2, -0.15) is 0 Å². The molecule has 30 heavy (non-hydrogen) atoms. The molecule has 7 nitrogen and oxygen atoms in total. The molecule has 4 rings (SSSR count). The monoisotopic (exact) mass is 445 g/mol. The second-order valence-corrected chi connectivity index (χ2v) is 8.90. The van der Waals surface area contributed by atoms with Gasteiger partial charge in [-0.15, -0.1) is 11.3 Å². The van der Waals surface area contributed by atoms with Gasteiger partial charge in [0.1, 0.15) is 11.6 Å². The van der Waals surface area contributed by atoms with Crippen LogP contribution in [-0.4, -0.2) is 24.1 Å². The van der Waals surface area contributed by atoms with Crippen LogP contribution >= 0.6 is 23.1 Å². The van der Waals surface area contributed by atoms with Crippen LogP contribution in [0.1, 0.15) is 25.6 Å². The maximum Gasteiger partial charge on any atom is 0.330 e. The molecule has 0 saturated heterocycles. The van der Waals surface area contributed by atoms with Gasteiger partial charge in [0, 0.05) is 24.5 Å². The van der Waals surface area contributed by atoms with Gasteiger partial charge in [0.2, 0.25) is 0 Å². The molecule has 0 fully saturated rings. The molecule has 3 aromatic heterocycles. The van der Waals surface area contributed by atoms with Crippen molar-refractivity contribution in [2.75, 3.05) is 0 Å². The van der Waals surface area contributed by atoms with E-state index in [-0.39, 0.29) is 5.82 Å². The van der Waals surface area contributed by atoms with Crippen molar-refractivity contribution in [3.63, 3.8) is 0 Å². The van der Waals surface area contributed by atoms with Gasteiger partial charge in [0.15, 0.2) is 15.5 Å². The van der Waals surface area contributed by atoms with Crippen molar-refractivity contribution in [1.82, 2.24) is 24.1 Å². The fourth-order valence-electron chi connectivity index (χ4n) is 3.15. The summed E-state index contributed by atoms with van der Waals surface area (Å²) in [6.45, 7) is 2.56. The van der Waals surface area contributed by atoms with Gasteiger partial charge in [-0.3, -0.25) is 14.3 Å². The minimum Gasteiger partial charge on any atom is -0.325 e. The van der Waals surface area contributed by atoms with E-state index in [9.17, 15) is 14.0 Å². The van der Waals surface area contributed by atoms with Gasteiger partial charge >= 0.3 is 5.69 Å². The third kappa shape index (κ3) is 3.97. The Balaban J connectivity index is 1.60. The predicted molar refractivity (Wildman–Crippen MR) is 118 cm³/mol. The number of halogens is 1. The molecule has 0 radical (unpaired) electrons. The van der Waals surface area contributed by atoms with Crippen molar-refractivity contribution in [2.24, 2.45) is 7.05 Å². The lowest BCUT2D eigenvalue weighted by Crippen LogP contribution is -2.31. The molecule has 156 valence electrons. The molecule has 0 spiro atoms. The highest BCUT2D eigenvalue weighted by Gasteiger charge is 2.17. The highest BCUT2D eigenvalue weighted by Crippen LogP contribution is 2.30. The Morgan fingerprint density at radius 2 is 1.97 bits per heavy atom. The molecule has 0 bridgehead atoms. The first kappa shape index (κ1) is 20.5. The molecule has 0 atom stereocenters. The lowest BCUT2D eigenvalue weighted by atomic mass is 10.2. The first-order valence-corrected chi connectivity index (χ1v) is 11.4. The molecule has 0 amide bonds. The van der Waals surface area contributed by atoms with E-state index in [1.807, 2.05) is 12.3 Å². The molecule has 10 heteroatoms. The number of unbranched alkanes of at least 4 members (excludes halogenated alkanes) is 1. The summed E-state index contributed by atoms with van der Waals surface area (Å²) < 4.78 is 17.2. The normalized spacial score (nSPS) is 11.4. The zero-order valence-corrected chi connectivity index (χ0v) is 18.1. The van der Waals surface area contributed by atoms with Crippen LogP contribution in [0.2, 0.25) is 0 Å². The molecular formula is C20H20FN5O2S2. The van der Waals surface area contributed by atoms with Gasteiger partial charge in [0.05, 0.1) is 11.4 Å². The third-order valence-corrected chi connectivity index (χ3v) is 6.81. The number of aromatic amines is 1. The van der Waals surface area contributed by atoms with Crippen LogP contribution in [0.25, 0.3) is 22.4 Å². The number of benzene rings is 1. The number of nitrogens with zero attached hydrogens (tertiary/aromatic N) is 4. The maximum absolute atomic E-state index is 13.1. The highest BCUT2D eigenvalue weighted by atomic mass is 32.2. The summed E-state index contributed by atoms with van der Waals surface area (Å²) in [7, 11) is 1.78. The Kier molecular flexibility index (Phi) is 5.87. The number of imidazole rings is 1. The quantitative estimate of drug-likeness (QED) is 0.438. The predicted octanol–water partition coefficient (Wildman–Crippen LogP) is 3.78. The van der Waals surface area contributed by atoms with E-state index in [4.69, 9.17) is 0 Å². The van der Waals surface area contributed by atoms with Crippen LogP contribution in [-0.2, 0) is 19.3 Å². The van der Waals surface area contributed by atoms with Crippen molar-refractivity contribution in [2.45, 2.75) is 36.4 Å².